The van der Waals surface area contributed by atoms with E-state index in [2.05, 4.69) is 57.2 Å². The molecule has 21 heteroatoms. The van der Waals surface area contributed by atoms with Gasteiger partial charge in [-0.15, -0.1) is 0 Å². The minimum absolute atomic E-state index is 0.00370. The summed E-state index contributed by atoms with van der Waals surface area (Å²) in [6.45, 7) is 2.94. The Bertz CT molecular complexity index is 1110. The van der Waals surface area contributed by atoms with Gasteiger partial charge in [0.05, 0.1) is 12.5 Å². The Kier molecular flexibility index (Phi) is 19.3. The fourth-order valence-electron chi connectivity index (χ4n) is 3.68. The summed E-state index contributed by atoms with van der Waals surface area (Å²) in [6.07, 6.45) is 0.0140. The summed E-state index contributed by atoms with van der Waals surface area (Å²) in [4.78, 5) is 87.8. The second kappa shape index (κ2) is 21.1. The van der Waals surface area contributed by atoms with E-state index in [0.29, 0.717) is 6.42 Å². The second-order valence-corrected chi connectivity index (χ2v) is 11.4. The van der Waals surface area contributed by atoms with E-state index >= 15 is 0 Å². The van der Waals surface area contributed by atoms with Crippen LogP contribution in [0, 0.1) is 5.41 Å². The van der Waals surface area contributed by atoms with Gasteiger partial charge in [0.15, 0.2) is 5.96 Å². The van der Waals surface area contributed by atoms with Crippen LogP contribution < -0.4 is 54.8 Å². The summed E-state index contributed by atoms with van der Waals surface area (Å²) in [6, 6.07) is -6.39. The molecule has 0 heterocycles. The van der Waals surface area contributed by atoms with Gasteiger partial charge in [-0.05, 0) is 46.1 Å². The third-order valence-electron chi connectivity index (χ3n) is 6.31. The van der Waals surface area contributed by atoms with Crippen LogP contribution in [0.15, 0.2) is 0 Å². The van der Waals surface area contributed by atoms with Crippen molar-refractivity contribution in [2.24, 2.45) is 22.9 Å². The molecule has 0 saturated carbocycles. The van der Waals surface area contributed by atoms with Crippen molar-refractivity contribution in [2.75, 3.05) is 24.6 Å². The maximum atomic E-state index is 13.4. The number of primary amides is 1. The highest BCUT2D eigenvalue weighted by Gasteiger charge is 2.37. The van der Waals surface area contributed by atoms with E-state index in [1.165, 1.54) is 13.8 Å². The molecule has 0 radical (unpaired) electrons. The van der Waals surface area contributed by atoms with Crippen molar-refractivity contribution >= 4 is 72.6 Å². The molecule has 0 aliphatic rings. The lowest BCUT2D eigenvalue weighted by molar-refractivity contribution is -0.142. The molecule has 5 atom stereocenters. The van der Waals surface area contributed by atoms with Gasteiger partial charge >= 0.3 is 5.97 Å². The lowest BCUT2D eigenvalue weighted by Crippen LogP contribution is -2.63. The summed E-state index contributed by atoms with van der Waals surface area (Å²) >= 11 is 7.84. The van der Waals surface area contributed by atoms with Gasteiger partial charge in [-0.2, -0.15) is 25.3 Å². The lowest BCUT2D eigenvalue weighted by Gasteiger charge is -2.30. The molecule has 0 aliphatic heterocycles. The van der Waals surface area contributed by atoms with Gasteiger partial charge in [-0.1, -0.05) is 0 Å². The van der Waals surface area contributed by atoms with Gasteiger partial charge in [-0.3, -0.25) is 34.2 Å². The van der Waals surface area contributed by atoms with Crippen molar-refractivity contribution in [3.05, 3.63) is 0 Å². The normalized spacial score (nSPS) is 14.3. The van der Waals surface area contributed by atoms with Crippen LogP contribution in [0.5, 0.6) is 0 Å². The van der Waals surface area contributed by atoms with Gasteiger partial charge in [0.1, 0.15) is 29.7 Å². The third-order valence-corrected chi connectivity index (χ3v) is 7.07. The lowest BCUT2D eigenvalue weighted by atomic mass is 10.0. The van der Waals surface area contributed by atoms with Crippen LogP contribution in [0.4, 0.5) is 0 Å². The SMILES string of the molecule is CC(C)(NC(=O)[C@H](CCCNC(=N)N)NC(=O)[C@H](CCCN)NC(=O)[C@@H](N)CS)C(=O)N[C@@H](CC(N)=O)C(=O)N[C@@H](CS)C(=O)O. The highest BCUT2D eigenvalue weighted by atomic mass is 32.1. The largest absolute Gasteiger partial charge is 0.480 e. The van der Waals surface area contributed by atoms with Gasteiger partial charge in [0.2, 0.25) is 35.4 Å². The molecule has 0 rings (SSSR count). The number of carboxylic acids is 1. The van der Waals surface area contributed by atoms with Crippen LogP contribution in [0.2, 0.25) is 0 Å². The maximum Gasteiger partial charge on any atom is 0.327 e. The molecular weight excluding hydrogens is 646 g/mol. The molecule has 262 valence electrons. The number of carboxylic acid groups (broad SMARTS) is 1. The number of thiol groups is 2. The molecular formula is C25H47N11O8S2. The first-order chi connectivity index (χ1) is 21.4. The molecule has 16 N–H and O–H groups in total. The van der Waals surface area contributed by atoms with Crippen LogP contribution in [-0.2, 0) is 33.6 Å². The fraction of sp³-hybridized carbons (Fsp3) is 0.680. The molecule has 0 aromatic rings. The summed E-state index contributed by atoms with van der Waals surface area (Å²) in [5.41, 5.74) is 20.0. The van der Waals surface area contributed by atoms with E-state index in [0.717, 1.165) is 0 Å². The predicted octanol–water partition coefficient (Wildman–Crippen LogP) is -5.03. The molecule has 0 unspecified atom stereocenters. The standard InChI is InChI=1S/C25H47N11O8S2/c1-25(2,23(44)35-15(9-17(28)37)20(40)34-16(11-46)22(42)43)36-21(41)14(6-4-8-31-24(29)30)33-19(39)13(5-3-7-26)32-18(38)12(27)10-45/h12-16,45-46H,3-11,26-27H2,1-2H3,(H2,28,37)(H,32,38)(H,33,39)(H,34,40)(H,35,44)(H,36,41)(H,42,43)(H4,29,30,31)/t12-,13-,14-,15-,16-/m0/s1. The monoisotopic (exact) mass is 693 g/mol. The van der Waals surface area contributed by atoms with Crippen LogP contribution in [0.3, 0.4) is 0 Å². The number of nitrogens with two attached hydrogens (primary N) is 4. The number of guanidine groups is 1. The summed E-state index contributed by atoms with van der Waals surface area (Å²) < 4.78 is 0. The van der Waals surface area contributed by atoms with Gasteiger partial charge in [-0.25, -0.2) is 4.79 Å². The summed E-state index contributed by atoms with van der Waals surface area (Å²) in [7, 11) is 0. The highest BCUT2D eigenvalue weighted by Crippen LogP contribution is 2.09. The smallest absolute Gasteiger partial charge is 0.327 e. The molecule has 19 nitrogen and oxygen atoms in total. The third kappa shape index (κ3) is 16.0. The quantitative estimate of drug-likeness (QED) is 0.0219. The van der Waals surface area contributed by atoms with E-state index in [-0.39, 0.29) is 49.8 Å². The van der Waals surface area contributed by atoms with Crippen molar-refractivity contribution in [1.29, 1.82) is 5.41 Å². The van der Waals surface area contributed by atoms with E-state index in [4.69, 9.17) is 28.3 Å². The number of nitrogens with one attached hydrogen (secondary N) is 7. The van der Waals surface area contributed by atoms with Crippen molar-refractivity contribution in [1.82, 2.24) is 31.9 Å². The van der Waals surface area contributed by atoms with E-state index in [1.807, 2.05) is 0 Å². The Morgan fingerprint density at radius 1 is 0.783 bits per heavy atom. The first-order valence-corrected chi connectivity index (χ1v) is 15.5. The van der Waals surface area contributed by atoms with Crippen LogP contribution in [0.1, 0.15) is 46.0 Å². The molecule has 46 heavy (non-hydrogen) atoms. The minimum atomic E-state index is -1.75. The average Bonchev–Trinajstić information content (AvgIpc) is 2.97. The maximum absolute atomic E-state index is 13.4. The molecule has 0 aromatic heterocycles. The number of carbonyl (C=O) groups is 7. The Morgan fingerprint density at radius 3 is 1.80 bits per heavy atom. The topological polar surface area (TPSA) is 340 Å². The molecule has 0 saturated heterocycles. The molecule has 0 spiro atoms. The minimum Gasteiger partial charge on any atom is -0.480 e. The Hall–Kier alpha value is -3.82. The van der Waals surface area contributed by atoms with Crippen LogP contribution in [-0.4, -0.2) is 113 Å². The predicted molar refractivity (Wildman–Crippen MR) is 175 cm³/mol. The molecule has 6 amide bonds. The van der Waals surface area contributed by atoms with Crippen molar-refractivity contribution < 1.29 is 38.7 Å². The zero-order chi connectivity index (χ0) is 35.6. The fourth-order valence-corrected chi connectivity index (χ4v) is 4.09. The van der Waals surface area contributed by atoms with E-state index in [9.17, 15) is 38.7 Å². The van der Waals surface area contributed by atoms with Crippen molar-refractivity contribution in [3.63, 3.8) is 0 Å². The van der Waals surface area contributed by atoms with Gasteiger partial charge in [0, 0.05) is 18.1 Å². The van der Waals surface area contributed by atoms with E-state index in [1.54, 1.807) is 0 Å². The first-order valence-electron chi connectivity index (χ1n) is 14.2. The van der Waals surface area contributed by atoms with Crippen molar-refractivity contribution in [3.8, 4) is 0 Å². The van der Waals surface area contributed by atoms with Crippen molar-refractivity contribution in [2.45, 2.75) is 81.7 Å². The number of hydrogen-bond acceptors (Lipinski definition) is 12. The zero-order valence-corrected chi connectivity index (χ0v) is 27.5. The Morgan fingerprint density at radius 2 is 1.30 bits per heavy atom. The molecule has 0 bridgehead atoms. The highest BCUT2D eigenvalue weighted by molar-refractivity contribution is 7.80. The van der Waals surface area contributed by atoms with E-state index < -0.39 is 83.6 Å². The Balaban J connectivity index is 5.97. The Labute approximate surface area is 277 Å². The number of rotatable bonds is 22. The number of hydrogen-bond donors (Lipinski definition) is 14. The molecule has 0 aromatic carbocycles. The number of aliphatic carboxylic acids is 1. The summed E-state index contributed by atoms with van der Waals surface area (Å²) in [5.74, 6) is -7.14. The van der Waals surface area contributed by atoms with Crippen LogP contribution in [0.25, 0.3) is 0 Å². The molecule has 0 aliphatic carbocycles. The summed E-state index contributed by atoms with van der Waals surface area (Å²) in [5, 5.41) is 31.1. The van der Waals surface area contributed by atoms with Gasteiger partial charge < -0.3 is 59.9 Å². The second-order valence-electron chi connectivity index (χ2n) is 10.7. The first kappa shape index (κ1) is 42.2. The van der Waals surface area contributed by atoms with Gasteiger partial charge in [0.25, 0.3) is 0 Å². The molecule has 0 fully saturated rings. The van der Waals surface area contributed by atoms with Crippen LogP contribution >= 0.6 is 25.3 Å². The number of carbonyl (C=O) groups excluding carboxylic acids is 6. The average molecular weight is 694 g/mol. The number of amides is 6. The zero-order valence-electron chi connectivity index (χ0n) is 25.8.